The fraction of sp³-hybridized carbons (Fsp3) is 0.333. The molecule has 4 heterocycles. The Hall–Kier alpha value is -4.84. The molecular formula is C33H35N5O6S. The second-order valence-electron chi connectivity index (χ2n) is 10.9. The van der Waals surface area contributed by atoms with E-state index in [2.05, 4.69) is 15.3 Å². The molecule has 2 bridgehead atoms. The number of aryl methyl sites for hydroxylation is 1. The zero-order valence-electron chi connectivity index (χ0n) is 24.9. The van der Waals surface area contributed by atoms with Crippen LogP contribution in [0.5, 0.6) is 5.75 Å². The number of thiazole rings is 1. The molecule has 0 aliphatic carbocycles. The highest BCUT2D eigenvalue weighted by Crippen LogP contribution is 2.35. The minimum Gasteiger partial charge on any atom is -0.492 e. The number of likely N-dealkylation sites (tertiary alicyclic amines) is 1. The summed E-state index contributed by atoms with van der Waals surface area (Å²) in [4.78, 5) is 60.9. The van der Waals surface area contributed by atoms with E-state index < -0.39 is 5.92 Å². The minimum absolute atomic E-state index is 0.00875. The van der Waals surface area contributed by atoms with Gasteiger partial charge in [0.25, 0.3) is 12.4 Å². The number of hydrogen-bond acceptors (Lipinski definition) is 8. The van der Waals surface area contributed by atoms with Crippen LogP contribution in [0, 0.1) is 12.8 Å². The van der Waals surface area contributed by atoms with E-state index in [1.54, 1.807) is 22.1 Å². The Balaban J connectivity index is 0.00000128. The molecule has 2 aromatic heterocycles. The molecule has 2 atom stereocenters. The number of nitrogens with zero attached hydrogens (tertiary/aromatic N) is 4. The average Bonchev–Trinajstić information content (AvgIpc) is 3.68. The van der Waals surface area contributed by atoms with Gasteiger partial charge in [0.1, 0.15) is 12.4 Å². The summed E-state index contributed by atoms with van der Waals surface area (Å²) in [6.45, 7) is 4.17. The summed E-state index contributed by atoms with van der Waals surface area (Å²) in [5, 5.41) is 13.7. The molecule has 0 saturated carbocycles. The van der Waals surface area contributed by atoms with Crippen molar-refractivity contribution >= 4 is 46.4 Å². The van der Waals surface area contributed by atoms with Gasteiger partial charge in [-0.1, -0.05) is 18.2 Å². The summed E-state index contributed by atoms with van der Waals surface area (Å²) < 4.78 is 6.09. The normalized spacial score (nSPS) is 18.5. The summed E-state index contributed by atoms with van der Waals surface area (Å²) >= 11 is 1.53. The van der Waals surface area contributed by atoms with Gasteiger partial charge in [-0.05, 0) is 55.3 Å². The van der Waals surface area contributed by atoms with Gasteiger partial charge in [0.2, 0.25) is 11.8 Å². The van der Waals surface area contributed by atoms with E-state index in [-0.39, 0.29) is 36.5 Å². The summed E-state index contributed by atoms with van der Waals surface area (Å²) in [7, 11) is 0. The molecule has 1 saturated heterocycles. The fourth-order valence-corrected chi connectivity index (χ4v) is 6.42. The van der Waals surface area contributed by atoms with Crippen LogP contribution in [0.3, 0.4) is 0 Å². The van der Waals surface area contributed by atoms with Crippen molar-refractivity contribution in [3.63, 3.8) is 0 Å². The van der Waals surface area contributed by atoms with Crippen LogP contribution in [0.25, 0.3) is 10.9 Å². The van der Waals surface area contributed by atoms with Crippen LogP contribution in [-0.2, 0) is 20.8 Å². The largest absolute Gasteiger partial charge is 0.492 e. The summed E-state index contributed by atoms with van der Waals surface area (Å²) in [6.07, 6.45) is 2.59. The SMILES string of the molecule is Cc1nc(CC(=O)N2CCCNC(=O)[C@H]3CN(C(=O)c4ccc5ncccc5c4)C[C@@H]3c3cccc(c3)OCC2)cs1.O=CO. The zero-order valence-corrected chi connectivity index (χ0v) is 25.7. The van der Waals surface area contributed by atoms with Crippen LogP contribution in [-0.4, -0.2) is 88.4 Å². The summed E-state index contributed by atoms with van der Waals surface area (Å²) in [6, 6.07) is 17.1. The lowest BCUT2D eigenvalue weighted by Crippen LogP contribution is -2.40. The highest BCUT2D eigenvalue weighted by atomic mass is 32.1. The van der Waals surface area contributed by atoms with Crippen molar-refractivity contribution in [2.24, 2.45) is 5.92 Å². The van der Waals surface area contributed by atoms with Gasteiger partial charge in [0.05, 0.1) is 35.1 Å². The Labute approximate surface area is 264 Å². The first kappa shape index (κ1) is 31.6. The van der Waals surface area contributed by atoms with Crippen LogP contribution in [0.2, 0.25) is 0 Å². The molecule has 6 rings (SSSR count). The number of pyridine rings is 1. The Bertz CT molecular complexity index is 1680. The molecule has 12 heteroatoms. The maximum atomic E-state index is 13.6. The third-order valence-corrected chi connectivity index (χ3v) is 8.79. The van der Waals surface area contributed by atoms with Crippen molar-refractivity contribution < 1.29 is 29.0 Å². The van der Waals surface area contributed by atoms with Crippen molar-refractivity contribution in [3.05, 3.63) is 88.0 Å². The number of carbonyl (C=O) groups excluding carboxylic acids is 3. The second-order valence-corrected chi connectivity index (χ2v) is 12.0. The van der Waals surface area contributed by atoms with Crippen molar-refractivity contribution in [2.45, 2.75) is 25.7 Å². The minimum atomic E-state index is -0.403. The first-order chi connectivity index (χ1) is 21.9. The molecule has 0 unspecified atom stereocenters. The number of ether oxygens (including phenoxy) is 1. The average molecular weight is 630 g/mol. The molecule has 234 valence electrons. The Morgan fingerprint density at radius 2 is 1.91 bits per heavy atom. The van der Waals surface area contributed by atoms with Crippen LogP contribution >= 0.6 is 11.3 Å². The number of amides is 3. The number of nitrogens with one attached hydrogen (secondary N) is 1. The predicted octanol–water partition coefficient (Wildman–Crippen LogP) is 3.53. The van der Waals surface area contributed by atoms with Gasteiger partial charge in [-0.25, -0.2) is 4.98 Å². The molecule has 0 spiro atoms. The number of carbonyl (C=O) groups is 4. The van der Waals surface area contributed by atoms with E-state index in [1.165, 1.54) is 11.3 Å². The topological polar surface area (TPSA) is 142 Å². The molecule has 4 aromatic rings. The first-order valence-corrected chi connectivity index (χ1v) is 15.7. The molecule has 0 radical (unpaired) electrons. The van der Waals surface area contributed by atoms with E-state index in [4.69, 9.17) is 14.6 Å². The molecule has 2 N–H and O–H groups in total. The van der Waals surface area contributed by atoms with Gasteiger partial charge >= 0.3 is 0 Å². The number of hydrogen-bond donors (Lipinski definition) is 2. The monoisotopic (exact) mass is 629 g/mol. The van der Waals surface area contributed by atoms with Crippen LogP contribution in [0.15, 0.2) is 66.2 Å². The number of rotatable bonds is 3. The van der Waals surface area contributed by atoms with Gasteiger partial charge in [0, 0.05) is 54.6 Å². The molecule has 1 fully saturated rings. The maximum Gasteiger partial charge on any atom is 0.290 e. The Morgan fingerprint density at radius 3 is 2.71 bits per heavy atom. The Morgan fingerprint density at radius 1 is 1.09 bits per heavy atom. The number of benzene rings is 2. The van der Waals surface area contributed by atoms with Crippen LogP contribution in [0.1, 0.15) is 39.0 Å². The van der Waals surface area contributed by atoms with Crippen LogP contribution in [0.4, 0.5) is 0 Å². The van der Waals surface area contributed by atoms with Gasteiger partial charge < -0.3 is 25.0 Å². The quantitative estimate of drug-likeness (QED) is 0.328. The van der Waals surface area contributed by atoms with Gasteiger partial charge in [0.15, 0.2) is 0 Å². The zero-order chi connectivity index (χ0) is 31.8. The van der Waals surface area contributed by atoms with Crippen molar-refractivity contribution in [1.82, 2.24) is 25.1 Å². The standard InChI is InChI=1S/C32H33N5O4S.CH2O2/c1-21-35-25(20-42-21)17-30(38)36-12-4-11-34-31(39)28-19-37(18-27(28)22-5-2-7-26(16-22)41-14-13-36)32(40)24-8-9-29-23(15-24)6-3-10-33-29;2-1-3/h2-3,5-10,15-16,20,27-28H,4,11-14,17-19H2,1H3,(H,34,39);1H,(H,2,3)/t27-,28+;/m1./s1. The lowest BCUT2D eigenvalue weighted by atomic mass is 9.88. The van der Waals surface area contributed by atoms with Crippen molar-refractivity contribution in [3.8, 4) is 5.75 Å². The Kier molecular flexibility index (Phi) is 10.4. The number of aromatic nitrogens is 2. The van der Waals surface area contributed by atoms with E-state index in [0.29, 0.717) is 57.1 Å². The highest BCUT2D eigenvalue weighted by Gasteiger charge is 2.40. The third-order valence-electron chi connectivity index (χ3n) is 7.97. The van der Waals surface area contributed by atoms with E-state index >= 15 is 0 Å². The van der Waals surface area contributed by atoms with Crippen molar-refractivity contribution in [1.29, 1.82) is 0 Å². The molecule has 2 aliphatic rings. The van der Waals surface area contributed by atoms with Gasteiger partial charge in [-0.3, -0.25) is 24.2 Å². The molecule has 2 aliphatic heterocycles. The summed E-state index contributed by atoms with van der Waals surface area (Å²) in [5.41, 5.74) is 3.14. The third kappa shape index (κ3) is 7.82. The number of carboxylic acid groups (broad SMARTS) is 1. The second kappa shape index (κ2) is 14.8. The number of fused-ring (bicyclic) bond motifs is 5. The lowest BCUT2D eigenvalue weighted by Gasteiger charge is -2.24. The fourth-order valence-electron chi connectivity index (χ4n) is 5.80. The lowest BCUT2D eigenvalue weighted by molar-refractivity contribution is -0.131. The van der Waals surface area contributed by atoms with Crippen LogP contribution < -0.4 is 10.1 Å². The molecule has 3 amide bonds. The van der Waals surface area contributed by atoms with Crippen molar-refractivity contribution in [2.75, 3.05) is 39.3 Å². The van der Waals surface area contributed by atoms with Gasteiger partial charge in [-0.15, -0.1) is 11.3 Å². The van der Waals surface area contributed by atoms with E-state index in [9.17, 15) is 14.4 Å². The molecule has 11 nitrogen and oxygen atoms in total. The molecule has 45 heavy (non-hydrogen) atoms. The predicted molar refractivity (Wildman–Crippen MR) is 169 cm³/mol. The maximum absolute atomic E-state index is 13.6. The summed E-state index contributed by atoms with van der Waals surface area (Å²) in [5.74, 6) is -0.0845. The van der Waals surface area contributed by atoms with Gasteiger partial charge in [-0.2, -0.15) is 0 Å². The van der Waals surface area contributed by atoms with E-state index in [1.807, 2.05) is 60.8 Å². The highest BCUT2D eigenvalue weighted by molar-refractivity contribution is 7.09. The molecular weight excluding hydrogens is 594 g/mol. The van der Waals surface area contributed by atoms with E-state index in [0.717, 1.165) is 27.2 Å². The smallest absolute Gasteiger partial charge is 0.290 e. The first-order valence-electron chi connectivity index (χ1n) is 14.8. The molecule has 2 aromatic carbocycles.